The van der Waals surface area contributed by atoms with Gasteiger partial charge >= 0.3 is 0 Å². The van der Waals surface area contributed by atoms with Gasteiger partial charge in [0.2, 0.25) is 5.91 Å². The number of nitrogens with one attached hydrogen (secondary N) is 2. The predicted molar refractivity (Wildman–Crippen MR) is 114 cm³/mol. The summed E-state index contributed by atoms with van der Waals surface area (Å²) in [5, 5.41) is 6.62. The van der Waals surface area contributed by atoms with E-state index in [0.717, 1.165) is 38.0 Å². The molecule has 0 unspecified atom stereocenters. The van der Waals surface area contributed by atoms with E-state index in [4.69, 9.17) is 0 Å². The summed E-state index contributed by atoms with van der Waals surface area (Å²) in [4.78, 5) is 17.0. The molecule has 2 heterocycles. The monoisotopic (exact) mass is 407 g/mol. The second-order valence-electron chi connectivity index (χ2n) is 7.41. The maximum absolute atomic E-state index is 13.0. The van der Waals surface area contributed by atoms with Crippen LogP contribution >= 0.6 is 24.8 Å². The standard InChI is InChI=1S/C21H25N3O.2ClH/c25-20(21-10-2-1-3-18(21)14-23-15-21)24-19-6-4-16(5-7-19)13-17-8-11-22-12-9-17;;/h4-9,11-12,18,23H,1-3,10,13-15H2,(H,24,25);2*1H/t18-,21+;;/m0../s1. The number of hydrogen-bond acceptors (Lipinski definition) is 3. The molecule has 1 saturated heterocycles. The molecule has 1 aromatic carbocycles. The summed E-state index contributed by atoms with van der Waals surface area (Å²) in [5.74, 6) is 0.691. The first kappa shape index (κ1) is 21.7. The second kappa shape index (κ2) is 9.54. The predicted octanol–water partition coefficient (Wildman–Crippen LogP) is 4.23. The van der Waals surface area contributed by atoms with Gasteiger partial charge in [0.15, 0.2) is 0 Å². The lowest BCUT2D eigenvalue weighted by molar-refractivity contribution is -0.128. The van der Waals surface area contributed by atoms with E-state index in [2.05, 4.69) is 27.8 Å². The van der Waals surface area contributed by atoms with Gasteiger partial charge in [-0.05, 0) is 67.1 Å². The number of nitrogens with zero attached hydrogens (tertiary/aromatic N) is 1. The van der Waals surface area contributed by atoms with E-state index in [9.17, 15) is 4.79 Å². The van der Waals surface area contributed by atoms with Crippen LogP contribution in [0, 0.1) is 11.3 Å². The molecule has 1 saturated carbocycles. The van der Waals surface area contributed by atoms with Gasteiger partial charge in [-0.3, -0.25) is 9.78 Å². The lowest BCUT2D eigenvalue weighted by Gasteiger charge is -2.37. The Balaban J connectivity index is 0.00000131. The molecule has 1 aliphatic heterocycles. The van der Waals surface area contributed by atoms with Crippen LogP contribution in [0.15, 0.2) is 48.8 Å². The number of halogens is 2. The summed E-state index contributed by atoms with van der Waals surface area (Å²) in [7, 11) is 0. The quantitative estimate of drug-likeness (QED) is 0.796. The first-order valence-electron chi connectivity index (χ1n) is 9.26. The van der Waals surface area contributed by atoms with Gasteiger partial charge in [-0.1, -0.05) is 25.0 Å². The number of rotatable bonds is 4. The fourth-order valence-electron chi connectivity index (χ4n) is 4.39. The molecule has 2 N–H and O–H groups in total. The number of fused-ring (bicyclic) bond motifs is 1. The van der Waals surface area contributed by atoms with Crippen molar-refractivity contribution in [2.24, 2.45) is 11.3 Å². The van der Waals surface area contributed by atoms with E-state index in [1.807, 2.05) is 36.7 Å². The van der Waals surface area contributed by atoms with Crippen LogP contribution in [0.5, 0.6) is 0 Å². The normalized spacial score (nSPS) is 23.5. The van der Waals surface area contributed by atoms with Gasteiger partial charge in [-0.2, -0.15) is 0 Å². The zero-order valence-corrected chi connectivity index (χ0v) is 17.0. The Labute approximate surface area is 173 Å². The van der Waals surface area contributed by atoms with E-state index in [0.29, 0.717) is 5.92 Å². The van der Waals surface area contributed by atoms with Crippen molar-refractivity contribution < 1.29 is 4.79 Å². The van der Waals surface area contributed by atoms with Gasteiger partial charge in [0.25, 0.3) is 0 Å². The van der Waals surface area contributed by atoms with Gasteiger partial charge in [-0.15, -0.1) is 24.8 Å². The molecule has 146 valence electrons. The van der Waals surface area contributed by atoms with E-state index in [-0.39, 0.29) is 36.1 Å². The molecule has 1 aromatic heterocycles. The number of anilines is 1. The first-order valence-corrected chi connectivity index (χ1v) is 9.26. The summed E-state index contributed by atoms with van der Waals surface area (Å²) >= 11 is 0. The van der Waals surface area contributed by atoms with Crippen LogP contribution in [0.4, 0.5) is 5.69 Å². The van der Waals surface area contributed by atoms with Crippen LogP contribution in [0.1, 0.15) is 36.8 Å². The molecule has 4 rings (SSSR count). The summed E-state index contributed by atoms with van der Waals surface area (Å²) in [5.41, 5.74) is 3.18. The number of benzene rings is 1. The third-order valence-electron chi connectivity index (χ3n) is 5.86. The highest BCUT2D eigenvalue weighted by Crippen LogP contribution is 2.44. The second-order valence-corrected chi connectivity index (χ2v) is 7.41. The third-order valence-corrected chi connectivity index (χ3v) is 5.86. The zero-order chi connectivity index (χ0) is 17.1. The van der Waals surface area contributed by atoms with Crippen molar-refractivity contribution in [1.82, 2.24) is 10.3 Å². The minimum Gasteiger partial charge on any atom is -0.326 e. The van der Waals surface area contributed by atoms with E-state index < -0.39 is 0 Å². The number of hydrogen-bond donors (Lipinski definition) is 2. The number of amides is 1. The van der Waals surface area contributed by atoms with Crippen molar-refractivity contribution in [3.05, 3.63) is 59.9 Å². The molecule has 2 aromatic rings. The number of carbonyl (C=O) groups excluding carboxylic acids is 1. The maximum Gasteiger partial charge on any atom is 0.232 e. The average molecular weight is 408 g/mol. The van der Waals surface area contributed by atoms with E-state index >= 15 is 0 Å². The Kier molecular flexibility index (Phi) is 7.66. The van der Waals surface area contributed by atoms with Crippen molar-refractivity contribution in [1.29, 1.82) is 0 Å². The van der Waals surface area contributed by atoms with Gasteiger partial charge < -0.3 is 10.6 Å². The van der Waals surface area contributed by atoms with Crippen LogP contribution in [0.3, 0.4) is 0 Å². The average Bonchev–Trinajstić information content (AvgIpc) is 3.10. The minimum absolute atomic E-state index is 0. The molecule has 1 aliphatic carbocycles. The van der Waals surface area contributed by atoms with Gasteiger partial charge in [0.1, 0.15) is 0 Å². The molecular weight excluding hydrogens is 381 g/mol. The first-order chi connectivity index (χ1) is 12.3. The van der Waals surface area contributed by atoms with Crippen molar-refractivity contribution in [2.45, 2.75) is 32.1 Å². The SMILES string of the molecule is Cl.Cl.O=C(Nc1ccc(Cc2ccncc2)cc1)[C@@]12CCCC[C@H]1CNC2. The highest BCUT2D eigenvalue weighted by atomic mass is 35.5. The van der Waals surface area contributed by atoms with Gasteiger partial charge in [-0.25, -0.2) is 0 Å². The lowest BCUT2D eigenvalue weighted by atomic mass is 9.67. The van der Waals surface area contributed by atoms with Crippen LogP contribution in [0.25, 0.3) is 0 Å². The zero-order valence-electron chi connectivity index (χ0n) is 15.3. The van der Waals surface area contributed by atoms with Crippen molar-refractivity contribution in [3.63, 3.8) is 0 Å². The third kappa shape index (κ3) is 4.63. The Morgan fingerprint density at radius 1 is 1.07 bits per heavy atom. The molecule has 0 bridgehead atoms. The Morgan fingerprint density at radius 3 is 2.52 bits per heavy atom. The van der Waals surface area contributed by atoms with E-state index in [1.54, 1.807) is 0 Å². The topological polar surface area (TPSA) is 54.0 Å². The Bertz CT molecular complexity index is 739. The molecule has 2 aliphatic rings. The highest BCUT2D eigenvalue weighted by molar-refractivity contribution is 5.96. The van der Waals surface area contributed by atoms with Crippen LogP contribution in [-0.2, 0) is 11.2 Å². The Hall–Kier alpha value is -1.62. The summed E-state index contributed by atoms with van der Waals surface area (Å²) < 4.78 is 0. The molecule has 1 amide bonds. The van der Waals surface area contributed by atoms with Gasteiger partial charge in [0.05, 0.1) is 5.41 Å². The summed E-state index contributed by atoms with van der Waals surface area (Å²) in [6.07, 6.45) is 9.12. The fourth-order valence-corrected chi connectivity index (χ4v) is 4.39. The van der Waals surface area contributed by atoms with Crippen molar-refractivity contribution in [3.8, 4) is 0 Å². The smallest absolute Gasteiger partial charge is 0.232 e. The van der Waals surface area contributed by atoms with Gasteiger partial charge in [0, 0.05) is 24.6 Å². The molecule has 0 spiro atoms. The molecule has 0 radical (unpaired) electrons. The Morgan fingerprint density at radius 2 is 1.78 bits per heavy atom. The molecule has 2 atom stereocenters. The molecule has 4 nitrogen and oxygen atoms in total. The maximum atomic E-state index is 13.0. The molecule has 2 fully saturated rings. The summed E-state index contributed by atoms with van der Waals surface area (Å²) in [6, 6.07) is 12.3. The number of aromatic nitrogens is 1. The largest absolute Gasteiger partial charge is 0.326 e. The minimum atomic E-state index is -0.200. The molecule has 27 heavy (non-hydrogen) atoms. The number of pyridine rings is 1. The lowest BCUT2D eigenvalue weighted by Crippen LogP contribution is -2.44. The number of carbonyl (C=O) groups is 1. The van der Waals surface area contributed by atoms with E-state index in [1.165, 1.54) is 24.0 Å². The summed E-state index contributed by atoms with van der Waals surface area (Å²) in [6.45, 7) is 1.81. The molecular formula is C21H27Cl2N3O. The van der Waals surface area contributed by atoms with Crippen molar-refractivity contribution in [2.75, 3.05) is 18.4 Å². The van der Waals surface area contributed by atoms with Crippen molar-refractivity contribution >= 4 is 36.4 Å². The fraction of sp³-hybridized carbons (Fsp3) is 0.429. The van der Waals surface area contributed by atoms with Crippen LogP contribution < -0.4 is 10.6 Å². The van der Waals surface area contributed by atoms with Crippen LogP contribution in [0.2, 0.25) is 0 Å². The van der Waals surface area contributed by atoms with Crippen LogP contribution in [-0.4, -0.2) is 24.0 Å². The highest BCUT2D eigenvalue weighted by Gasteiger charge is 2.49. The molecule has 6 heteroatoms.